The average Bonchev–Trinajstić information content (AvgIpc) is 2.91. The minimum atomic E-state index is 0.248. The van der Waals surface area contributed by atoms with Crippen LogP contribution in [0.1, 0.15) is 44.2 Å². The molecule has 1 saturated heterocycles. The van der Waals surface area contributed by atoms with Gasteiger partial charge in [-0.15, -0.1) is 0 Å². The Kier molecular flexibility index (Phi) is 6.44. The number of likely N-dealkylation sites (tertiary alicyclic amines) is 1. The molecule has 3 N–H and O–H groups in total. The molecule has 1 heterocycles. The Morgan fingerprint density at radius 1 is 1.35 bits per heavy atom. The van der Waals surface area contributed by atoms with E-state index in [1.807, 2.05) is 17.0 Å². The van der Waals surface area contributed by atoms with Gasteiger partial charge in [0.1, 0.15) is 0 Å². The van der Waals surface area contributed by atoms with E-state index in [0.717, 1.165) is 37.1 Å². The second kappa shape index (κ2) is 8.56. The molecule has 1 aliphatic rings. The van der Waals surface area contributed by atoms with Crippen molar-refractivity contribution in [2.75, 3.05) is 13.1 Å². The van der Waals surface area contributed by atoms with Gasteiger partial charge in [0.15, 0.2) is 5.96 Å². The van der Waals surface area contributed by atoms with E-state index in [-0.39, 0.29) is 5.91 Å². The van der Waals surface area contributed by atoms with E-state index >= 15 is 0 Å². The molecule has 1 aromatic carbocycles. The quantitative estimate of drug-likeness (QED) is 0.599. The lowest BCUT2D eigenvalue weighted by Crippen LogP contribution is -2.33. The maximum absolute atomic E-state index is 11.8. The van der Waals surface area contributed by atoms with Gasteiger partial charge in [0, 0.05) is 26.1 Å². The maximum Gasteiger partial charge on any atom is 0.222 e. The third kappa shape index (κ3) is 5.58. The lowest BCUT2D eigenvalue weighted by Gasteiger charge is -2.17. The first-order chi connectivity index (χ1) is 11.1. The van der Waals surface area contributed by atoms with Crippen molar-refractivity contribution in [3.8, 4) is 0 Å². The minimum absolute atomic E-state index is 0.248. The molecular weight excluding hydrogens is 288 g/mol. The van der Waals surface area contributed by atoms with E-state index in [1.165, 1.54) is 0 Å². The molecule has 1 aromatic rings. The van der Waals surface area contributed by atoms with Crippen molar-refractivity contribution in [1.82, 2.24) is 10.2 Å². The van der Waals surface area contributed by atoms with Crippen LogP contribution in [0.15, 0.2) is 29.3 Å². The number of amides is 1. The van der Waals surface area contributed by atoms with Crippen molar-refractivity contribution < 1.29 is 4.79 Å². The largest absolute Gasteiger partial charge is 0.370 e. The van der Waals surface area contributed by atoms with E-state index in [1.54, 1.807) is 0 Å². The van der Waals surface area contributed by atoms with Crippen LogP contribution in [-0.4, -0.2) is 29.9 Å². The number of benzene rings is 1. The molecule has 1 fully saturated rings. The first kappa shape index (κ1) is 17.3. The van der Waals surface area contributed by atoms with Gasteiger partial charge in [-0.1, -0.05) is 38.1 Å². The second-order valence-electron chi connectivity index (χ2n) is 6.50. The Bertz CT molecular complexity index is 554. The Morgan fingerprint density at radius 2 is 2.09 bits per heavy atom. The molecule has 0 aromatic heterocycles. The minimum Gasteiger partial charge on any atom is -0.370 e. The van der Waals surface area contributed by atoms with Gasteiger partial charge in [-0.3, -0.25) is 4.79 Å². The highest BCUT2D eigenvalue weighted by molar-refractivity contribution is 5.78. The molecule has 23 heavy (non-hydrogen) atoms. The lowest BCUT2D eigenvalue weighted by molar-refractivity contribution is -0.128. The van der Waals surface area contributed by atoms with Crippen LogP contribution in [0.5, 0.6) is 0 Å². The molecule has 0 spiro atoms. The molecule has 5 heteroatoms. The summed E-state index contributed by atoms with van der Waals surface area (Å²) in [7, 11) is 0. The molecule has 1 aliphatic heterocycles. The van der Waals surface area contributed by atoms with E-state index < -0.39 is 0 Å². The topological polar surface area (TPSA) is 70.7 Å². The summed E-state index contributed by atoms with van der Waals surface area (Å²) in [6.07, 6.45) is 2.71. The molecule has 0 atom stereocenters. The first-order valence-electron chi connectivity index (χ1n) is 8.44. The molecule has 1 amide bonds. The van der Waals surface area contributed by atoms with Crippen molar-refractivity contribution in [2.45, 2.75) is 46.2 Å². The highest BCUT2D eigenvalue weighted by atomic mass is 16.2. The highest BCUT2D eigenvalue weighted by Crippen LogP contribution is 2.17. The van der Waals surface area contributed by atoms with Gasteiger partial charge in [0.25, 0.3) is 0 Å². The second-order valence-corrected chi connectivity index (χ2v) is 6.50. The van der Waals surface area contributed by atoms with Crippen LogP contribution in [0.4, 0.5) is 0 Å². The Morgan fingerprint density at radius 3 is 2.74 bits per heavy atom. The van der Waals surface area contributed by atoms with Crippen molar-refractivity contribution in [1.29, 1.82) is 0 Å². The van der Waals surface area contributed by atoms with E-state index in [4.69, 9.17) is 5.73 Å². The van der Waals surface area contributed by atoms with E-state index in [0.29, 0.717) is 31.4 Å². The zero-order chi connectivity index (χ0) is 16.7. The van der Waals surface area contributed by atoms with Gasteiger partial charge >= 0.3 is 0 Å². The number of rotatable bonds is 7. The van der Waals surface area contributed by atoms with Gasteiger partial charge < -0.3 is 16.0 Å². The van der Waals surface area contributed by atoms with Crippen LogP contribution < -0.4 is 11.1 Å². The molecule has 5 nitrogen and oxygen atoms in total. The summed E-state index contributed by atoms with van der Waals surface area (Å²) in [6, 6.07) is 8.13. The number of carbonyl (C=O) groups is 1. The van der Waals surface area contributed by atoms with Gasteiger partial charge in [-0.25, -0.2) is 4.99 Å². The van der Waals surface area contributed by atoms with Crippen LogP contribution in [0.2, 0.25) is 0 Å². The highest BCUT2D eigenvalue weighted by Gasteiger charge is 2.20. The predicted octanol–water partition coefficient (Wildman–Crippen LogP) is 2.26. The molecule has 0 unspecified atom stereocenters. The van der Waals surface area contributed by atoms with E-state index in [2.05, 4.69) is 36.3 Å². The number of nitrogens with zero attached hydrogens (tertiary/aromatic N) is 2. The summed E-state index contributed by atoms with van der Waals surface area (Å²) in [5.41, 5.74) is 8.20. The number of nitrogens with two attached hydrogens (primary N) is 1. The fraction of sp³-hybridized carbons (Fsp3) is 0.556. The third-order valence-electron chi connectivity index (χ3n) is 4.10. The SMILES string of the molecule is CC(C)CCNC(N)=NCc1ccccc1CN1CCCC1=O. The molecule has 2 rings (SSSR count). The summed E-state index contributed by atoms with van der Waals surface area (Å²) in [6.45, 7) is 7.28. The summed E-state index contributed by atoms with van der Waals surface area (Å²) in [4.78, 5) is 18.1. The number of guanidine groups is 1. The van der Waals surface area contributed by atoms with Crippen LogP contribution in [-0.2, 0) is 17.9 Å². The molecule has 0 bridgehead atoms. The van der Waals surface area contributed by atoms with Gasteiger partial charge in [-0.2, -0.15) is 0 Å². The first-order valence-corrected chi connectivity index (χ1v) is 8.44. The van der Waals surface area contributed by atoms with Crippen LogP contribution in [0, 0.1) is 5.92 Å². The molecule has 0 aliphatic carbocycles. The van der Waals surface area contributed by atoms with Crippen molar-refractivity contribution in [3.05, 3.63) is 35.4 Å². The van der Waals surface area contributed by atoms with Crippen molar-refractivity contribution in [3.63, 3.8) is 0 Å². The Hall–Kier alpha value is -2.04. The Labute approximate surface area is 139 Å². The summed E-state index contributed by atoms with van der Waals surface area (Å²) in [5.74, 6) is 1.38. The average molecular weight is 316 g/mol. The van der Waals surface area contributed by atoms with Crippen LogP contribution in [0.25, 0.3) is 0 Å². The number of carbonyl (C=O) groups excluding carboxylic acids is 1. The lowest BCUT2D eigenvalue weighted by atomic mass is 10.1. The van der Waals surface area contributed by atoms with Crippen molar-refractivity contribution in [2.24, 2.45) is 16.6 Å². The van der Waals surface area contributed by atoms with Crippen molar-refractivity contribution >= 4 is 11.9 Å². The number of hydrogen-bond acceptors (Lipinski definition) is 2. The maximum atomic E-state index is 11.8. The summed E-state index contributed by atoms with van der Waals surface area (Å²) >= 11 is 0. The van der Waals surface area contributed by atoms with Gasteiger partial charge in [0.2, 0.25) is 5.91 Å². The predicted molar refractivity (Wildman–Crippen MR) is 93.9 cm³/mol. The smallest absolute Gasteiger partial charge is 0.222 e. The molecule has 126 valence electrons. The van der Waals surface area contributed by atoms with E-state index in [9.17, 15) is 4.79 Å². The zero-order valence-electron chi connectivity index (χ0n) is 14.2. The van der Waals surface area contributed by atoms with Gasteiger partial charge in [0.05, 0.1) is 6.54 Å². The summed E-state index contributed by atoms with van der Waals surface area (Å²) < 4.78 is 0. The van der Waals surface area contributed by atoms with Gasteiger partial charge in [-0.05, 0) is 29.9 Å². The fourth-order valence-electron chi connectivity index (χ4n) is 2.66. The zero-order valence-corrected chi connectivity index (χ0v) is 14.2. The standard InChI is InChI=1S/C18H28N4O/c1-14(2)9-10-20-18(19)21-12-15-6-3-4-7-16(15)13-22-11-5-8-17(22)23/h3-4,6-7,14H,5,8-13H2,1-2H3,(H3,19,20,21). The number of aliphatic imine (C=N–C) groups is 1. The molecule has 0 saturated carbocycles. The third-order valence-corrected chi connectivity index (χ3v) is 4.10. The Balaban J connectivity index is 1.93. The normalized spacial score (nSPS) is 15.5. The van der Waals surface area contributed by atoms with Crippen LogP contribution in [0.3, 0.4) is 0 Å². The van der Waals surface area contributed by atoms with Crippen LogP contribution >= 0.6 is 0 Å². The fourth-order valence-corrected chi connectivity index (χ4v) is 2.66. The monoisotopic (exact) mass is 316 g/mol. The molecule has 0 radical (unpaired) electrons. The molecular formula is C18H28N4O. The number of hydrogen-bond donors (Lipinski definition) is 2. The summed E-state index contributed by atoms with van der Waals surface area (Å²) in [5, 5.41) is 3.15. The number of nitrogens with one attached hydrogen (secondary N) is 1.